The second-order valence-corrected chi connectivity index (χ2v) is 11.3. The molecule has 4 aromatic carbocycles. The zero-order valence-electron chi connectivity index (χ0n) is 27.0. The number of aryl methyl sites for hydroxylation is 1. The Morgan fingerprint density at radius 1 is 1.02 bits per heavy atom. The lowest BCUT2D eigenvalue weighted by molar-refractivity contribution is -0.384. The Balaban J connectivity index is 1.59. The monoisotopic (exact) mass is 632 g/mol. The van der Waals surface area contributed by atoms with Crippen LogP contribution < -0.4 is 19.8 Å². The number of allylic oxidation sites excluding steroid dienone is 1. The molecule has 0 saturated carbocycles. The van der Waals surface area contributed by atoms with E-state index in [-0.39, 0.29) is 23.8 Å². The van der Waals surface area contributed by atoms with Crippen molar-refractivity contribution in [2.45, 2.75) is 39.7 Å². The van der Waals surface area contributed by atoms with E-state index in [1.807, 2.05) is 37.3 Å². The predicted molar refractivity (Wildman–Crippen MR) is 184 cm³/mol. The third kappa shape index (κ3) is 6.91. The number of para-hydroxylation sites is 1. The van der Waals surface area contributed by atoms with E-state index in [4.69, 9.17) is 24.3 Å². The number of benzene rings is 4. The molecule has 240 valence electrons. The summed E-state index contributed by atoms with van der Waals surface area (Å²) in [5.74, 6) is 2.34. The zero-order valence-corrected chi connectivity index (χ0v) is 27.0. The summed E-state index contributed by atoms with van der Waals surface area (Å²) >= 11 is 0. The molecule has 0 amide bonds. The molecule has 0 fully saturated rings. The quantitative estimate of drug-likeness (QED) is 0.0601. The van der Waals surface area contributed by atoms with Crippen molar-refractivity contribution in [3.05, 3.63) is 134 Å². The minimum Gasteiger partial charge on any atom is -0.496 e. The highest BCUT2D eigenvalue weighted by Gasteiger charge is 2.19. The van der Waals surface area contributed by atoms with Gasteiger partial charge in [-0.3, -0.25) is 14.9 Å². The van der Waals surface area contributed by atoms with Crippen LogP contribution in [0.1, 0.15) is 47.6 Å². The molecule has 0 saturated heterocycles. The van der Waals surface area contributed by atoms with E-state index in [9.17, 15) is 14.9 Å². The van der Waals surface area contributed by atoms with Crippen molar-refractivity contribution in [1.29, 1.82) is 0 Å². The van der Waals surface area contributed by atoms with Gasteiger partial charge in [0.2, 0.25) is 0 Å². The van der Waals surface area contributed by atoms with Crippen molar-refractivity contribution in [3.63, 3.8) is 0 Å². The molecule has 0 atom stereocenters. The first-order chi connectivity index (χ1) is 22.6. The molecule has 0 N–H and O–H groups in total. The molecule has 10 heteroatoms. The SMILES string of the molecule is C=CCc1cc(C=Nn2c(-c3cc(C(C)C)c(OC)cc3C)nc3ccccc3c2=O)cc(OC)c1OCc1ccc([N+](=O)[O-])cc1. The molecule has 0 aliphatic carbocycles. The van der Waals surface area contributed by atoms with Gasteiger partial charge in [0.25, 0.3) is 11.2 Å². The summed E-state index contributed by atoms with van der Waals surface area (Å²) in [5.41, 5.74) is 5.16. The number of methoxy groups -OCH3 is 2. The maximum atomic E-state index is 13.9. The maximum Gasteiger partial charge on any atom is 0.282 e. The third-order valence-electron chi connectivity index (χ3n) is 7.78. The van der Waals surface area contributed by atoms with Crippen molar-refractivity contribution >= 4 is 22.8 Å². The molecule has 0 aliphatic heterocycles. The molecular weight excluding hydrogens is 596 g/mol. The maximum absolute atomic E-state index is 13.9. The highest BCUT2D eigenvalue weighted by Crippen LogP contribution is 2.35. The number of hydrogen-bond acceptors (Lipinski definition) is 8. The molecule has 0 spiro atoms. The van der Waals surface area contributed by atoms with Crippen LogP contribution in [0.2, 0.25) is 0 Å². The highest BCUT2D eigenvalue weighted by molar-refractivity contribution is 5.83. The Bertz CT molecular complexity index is 2050. The molecule has 10 nitrogen and oxygen atoms in total. The Labute approximate surface area is 272 Å². The van der Waals surface area contributed by atoms with Gasteiger partial charge in [0.1, 0.15) is 12.4 Å². The molecule has 0 bridgehead atoms. The van der Waals surface area contributed by atoms with Gasteiger partial charge in [-0.05, 0) is 90.0 Å². The van der Waals surface area contributed by atoms with Crippen LogP contribution >= 0.6 is 0 Å². The molecule has 0 aliphatic rings. The fourth-order valence-corrected chi connectivity index (χ4v) is 5.35. The van der Waals surface area contributed by atoms with Crippen molar-refractivity contribution in [1.82, 2.24) is 9.66 Å². The topological polar surface area (TPSA) is 118 Å². The summed E-state index contributed by atoms with van der Waals surface area (Å²) < 4.78 is 18.9. The van der Waals surface area contributed by atoms with Gasteiger partial charge in [0.05, 0.1) is 36.3 Å². The Hall–Kier alpha value is -5.77. The average molecular weight is 633 g/mol. The zero-order chi connectivity index (χ0) is 33.7. The van der Waals surface area contributed by atoms with Gasteiger partial charge in [-0.2, -0.15) is 9.78 Å². The van der Waals surface area contributed by atoms with Gasteiger partial charge in [-0.25, -0.2) is 4.98 Å². The third-order valence-corrected chi connectivity index (χ3v) is 7.78. The minimum absolute atomic E-state index is 0.00806. The first-order valence-electron chi connectivity index (χ1n) is 15.1. The normalized spacial score (nSPS) is 11.3. The number of non-ortho nitro benzene ring substituents is 1. The van der Waals surface area contributed by atoms with Gasteiger partial charge in [-0.1, -0.05) is 32.1 Å². The standard InChI is InChI=1S/C37H36N4O6/c1-7-10-27-18-26(19-34(46-6)35(27)47-22-25-13-15-28(16-14-25)41(43)44)21-38-40-36(39-32-12-9-8-11-29(32)37(40)42)31-20-30(23(2)3)33(45-5)17-24(31)4/h7-9,11-21,23H,1,10,22H2,2-6H3. The number of nitro groups is 1. The second-order valence-electron chi connectivity index (χ2n) is 11.3. The number of nitro benzene ring substituents is 1. The Kier molecular flexibility index (Phi) is 9.80. The van der Waals surface area contributed by atoms with Crippen LogP contribution in [0, 0.1) is 17.0 Å². The summed E-state index contributed by atoms with van der Waals surface area (Å²) in [5, 5.41) is 16.2. The molecule has 0 radical (unpaired) electrons. The van der Waals surface area contributed by atoms with Gasteiger partial charge in [0.15, 0.2) is 17.3 Å². The lowest BCUT2D eigenvalue weighted by Gasteiger charge is -2.17. The van der Waals surface area contributed by atoms with E-state index in [2.05, 4.69) is 20.4 Å². The van der Waals surface area contributed by atoms with Crippen molar-refractivity contribution < 1.29 is 19.1 Å². The smallest absolute Gasteiger partial charge is 0.282 e. The van der Waals surface area contributed by atoms with E-state index in [1.165, 1.54) is 16.8 Å². The summed E-state index contributed by atoms with van der Waals surface area (Å²) in [6.07, 6.45) is 3.82. The lowest BCUT2D eigenvalue weighted by atomic mass is 9.96. The number of fused-ring (bicyclic) bond motifs is 1. The molecule has 5 aromatic rings. The molecule has 0 unspecified atom stereocenters. The lowest BCUT2D eigenvalue weighted by Crippen LogP contribution is -2.21. The summed E-state index contributed by atoms with van der Waals surface area (Å²) in [6.45, 7) is 10.2. The molecule has 47 heavy (non-hydrogen) atoms. The van der Waals surface area contributed by atoms with Crippen molar-refractivity contribution in [2.75, 3.05) is 14.2 Å². The van der Waals surface area contributed by atoms with Crippen LogP contribution in [-0.4, -0.2) is 35.0 Å². The van der Waals surface area contributed by atoms with Gasteiger partial charge < -0.3 is 14.2 Å². The van der Waals surface area contributed by atoms with Crippen LogP contribution in [0.5, 0.6) is 17.2 Å². The van der Waals surface area contributed by atoms with E-state index < -0.39 is 4.92 Å². The summed E-state index contributed by atoms with van der Waals surface area (Å²) in [7, 11) is 3.19. The number of rotatable bonds is 12. The first-order valence-corrected chi connectivity index (χ1v) is 15.1. The van der Waals surface area contributed by atoms with Gasteiger partial charge in [-0.15, -0.1) is 6.58 Å². The predicted octanol–water partition coefficient (Wildman–Crippen LogP) is 7.61. The van der Waals surface area contributed by atoms with Crippen LogP contribution in [0.25, 0.3) is 22.3 Å². The Morgan fingerprint density at radius 2 is 1.74 bits per heavy atom. The number of aromatic nitrogens is 2. The number of nitrogens with zero attached hydrogens (tertiary/aromatic N) is 4. The highest BCUT2D eigenvalue weighted by atomic mass is 16.6. The van der Waals surface area contributed by atoms with Crippen molar-refractivity contribution in [3.8, 4) is 28.6 Å². The van der Waals surface area contributed by atoms with E-state index >= 15 is 0 Å². The fourth-order valence-electron chi connectivity index (χ4n) is 5.35. The summed E-state index contributed by atoms with van der Waals surface area (Å²) in [4.78, 5) is 29.4. The average Bonchev–Trinajstić information content (AvgIpc) is 3.07. The second kappa shape index (κ2) is 14.1. The van der Waals surface area contributed by atoms with Crippen LogP contribution in [0.4, 0.5) is 5.69 Å². The molecule has 1 aromatic heterocycles. The Morgan fingerprint density at radius 3 is 2.40 bits per heavy atom. The van der Waals surface area contributed by atoms with Gasteiger partial charge in [0, 0.05) is 23.3 Å². The largest absolute Gasteiger partial charge is 0.496 e. The number of ether oxygens (including phenoxy) is 3. The summed E-state index contributed by atoms with van der Waals surface area (Å²) in [6, 6.07) is 21.0. The molecule has 5 rings (SSSR count). The van der Waals surface area contributed by atoms with E-state index in [1.54, 1.807) is 56.8 Å². The fraction of sp³-hybridized carbons (Fsp3) is 0.216. The van der Waals surface area contributed by atoms with Crippen LogP contribution in [-0.2, 0) is 13.0 Å². The van der Waals surface area contributed by atoms with E-state index in [0.29, 0.717) is 40.2 Å². The molecular formula is C37H36N4O6. The first kappa shape index (κ1) is 32.6. The van der Waals surface area contributed by atoms with Crippen LogP contribution in [0.15, 0.2) is 95.3 Å². The van der Waals surface area contributed by atoms with E-state index in [0.717, 1.165) is 33.6 Å². The van der Waals surface area contributed by atoms with Crippen LogP contribution in [0.3, 0.4) is 0 Å². The van der Waals surface area contributed by atoms with Crippen molar-refractivity contribution in [2.24, 2.45) is 5.10 Å². The van der Waals surface area contributed by atoms with Gasteiger partial charge >= 0.3 is 0 Å². The number of hydrogen-bond donors (Lipinski definition) is 0. The molecule has 1 heterocycles. The minimum atomic E-state index is -0.442.